The van der Waals surface area contributed by atoms with E-state index in [2.05, 4.69) is 0 Å². The number of nitrogens with zero attached hydrogens (tertiary/aromatic N) is 3. The zero-order valence-corrected chi connectivity index (χ0v) is 28.7. The average Bonchev–Trinajstić information content (AvgIpc) is 3.26. The molecule has 2 aromatic rings. The number of carbonyl (C=O) groups excluding carboxylic acids is 2. The zero-order chi connectivity index (χ0) is 33.9. The summed E-state index contributed by atoms with van der Waals surface area (Å²) in [6.45, 7) is 13.4. The number of aryl methyl sites for hydroxylation is 1. The Bertz CT molecular complexity index is 1600. The molecule has 46 heavy (non-hydrogen) atoms. The van der Waals surface area contributed by atoms with Crippen LogP contribution in [0.5, 0.6) is 0 Å². The molecule has 1 amide bonds. The van der Waals surface area contributed by atoms with Crippen molar-refractivity contribution in [2.75, 3.05) is 26.2 Å². The van der Waals surface area contributed by atoms with E-state index in [1.54, 1.807) is 20.8 Å². The second kappa shape index (κ2) is 14.0. The molecule has 2 aliphatic heterocycles. The van der Waals surface area contributed by atoms with Crippen LogP contribution in [0.4, 0.5) is 9.18 Å². The van der Waals surface area contributed by atoms with E-state index in [4.69, 9.17) is 14.5 Å². The van der Waals surface area contributed by atoms with Gasteiger partial charge in [-0.2, -0.15) is 4.31 Å². The Labute approximate surface area is 272 Å². The lowest BCUT2D eigenvalue weighted by Gasteiger charge is -2.35. The van der Waals surface area contributed by atoms with Crippen molar-refractivity contribution in [3.05, 3.63) is 76.6 Å². The topological polar surface area (TPSA) is 106 Å². The van der Waals surface area contributed by atoms with E-state index in [0.29, 0.717) is 24.8 Å². The summed E-state index contributed by atoms with van der Waals surface area (Å²) in [6, 6.07) is 13.4. The standard InChI is InChI=1S/C35H46FN3O6S/c1-24-28(23-31(40)44-34(2,3)4)32(26-12-9-8-10-13-26)37-29(24)15-11-14-25-16-17-27(36)22-30(25)46(42,43)39-20-18-38(19-21-39)33(41)45-35(5,6)7/h8-10,12-13,16-17,22,29H,11,14-15,18-21,23H2,1-7H3. The number of sulfonamides is 1. The second-order valence-corrected chi connectivity index (χ2v) is 15.7. The van der Waals surface area contributed by atoms with Crippen molar-refractivity contribution in [2.24, 2.45) is 4.99 Å². The van der Waals surface area contributed by atoms with Gasteiger partial charge in [0.05, 0.1) is 23.1 Å². The highest BCUT2D eigenvalue weighted by Gasteiger charge is 2.34. The molecule has 4 rings (SSSR count). The first kappa shape index (κ1) is 35.3. The number of amides is 1. The van der Waals surface area contributed by atoms with Crippen molar-refractivity contribution in [1.29, 1.82) is 0 Å². The molecule has 0 N–H and O–H groups in total. The molecule has 2 heterocycles. The van der Waals surface area contributed by atoms with Crippen LogP contribution < -0.4 is 0 Å². The van der Waals surface area contributed by atoms with Gasteiger partial charge < -0.3 is 14.4 Å². The van der Waals surface area contributed by atoms with Gasteiger partial charge in [0.25, 0.3) is 0 Å². The van der Waals surface area contributed by atoms with Gasteiger partial charge in [-0.15, -0.1) is 0 Å². The molecule has 11 heteroatoms. The Morgan fingerprint density at radius 1 is 0.935 bits per heavy atom. The lowest BCUT2D eigenvalue weighted by molar-refractivity contribution is -0.153. The lowest BCUT2D eigenvalue weighted by Crippen LogP contribution is -2.51. The van der Waals surface area contributed by atoms with Gasteiger partial charge in [0.15, 0.2) is 0 Å². The highest BCUT2D eigenvalue weighted by Crippen LogP contribution is 2.32. The number of ether oxygens (including phenoxy) is 2. The largest absolute Gasteiger partial charge is 0.460 e. The van der Waals surface area contributed by atoms with Crippen molar-refractivity contribution in [3.8, 4) is 0 Å². The molecule has 250 valence electrons. The summed E-state index contributed by atoms with van der Waals surface area (Å²) in [4.78, 5) is 31.7. The SMILES string of the molecule is CC1=C(CC(=O)OC(C)(C)C)C(c2ccccc2)=NC1CCCc1ccc(F)cc1S(=O)(=O)N1CCN(C(=O)OC(C)(C)C)CC1. The number of carbonyl (C=O) groups is 2. The van der Waals surface area contributed by atoms with Crippen LogP contribution in [0.3, 0.4) is 0 Å². The van der Waals surface area contributed by atoms with E-state index >= 15 is 0 Å². The summed E-state index contributed by atoms with van der Waals surface area (Å²) < 4.78 is 54.2. The number of esters is 1. The maximum atomic E-state index is 14.4. The number of hydrogen-bond donors (Lipinski definition) is 0. The molecule has 1 saturated heterocycles. The smallest absolute Gasteiger partial charge is 0.410 e. The molecular formula is C35H46FN3O6S. The predicted molar refractivity (Wildman–Crippen MR) is 176 cm³/mol. The van der Waals surface area contributed by atoms with Gasteiger partial charge in [-0.25, -0.2) is 17.6 Å². The molecule has 0 aliphatic carbocycles. The van der Waals surface area contributed by atoms with Crippen LogP contribution in [0.15, 0.2) is 69.6 Å². The summed E-state index contributed by atoms with van der Waals surface area (Å²) >= 11 is 0. The molecule has 1 fully saturated rings. The normalized spacial score (nSPS) is 18.0. The molecular weight excluding hydrogens is 609 g/mol. The van der Waals surface area contributed by atoms with E-state index in [0.717, 1.165) is 28.5 Å². The molecule has 2 aromatic carbocycles. The third-order valence-corrected chi connectivity index (χ3v) is 9.78. The van der Waals surface area contributed by atoms with E-state index in [1.165, 1.54) is 21.3 Å². The van der Waals surface area contributed by atoms with Crippen molar-refractivity contribution in [3.63, 3.8) is 0 Å². The second-order valence-electron chi connectivity index (χ2n) is 13.8. The molecule has 0 saturated carbocycles. The lowest BCUT2D eigenvalue weighted by atomic mass is 9.94. The summed E-state index contributed by atoms with van der Waals surface area (Å²) in [5.74, 6) is -0.951. The highest BCUT2D eigenvalue weighted by molar-refractivity contribution is 7.89. The highest BCUT2D eigenvalue weighted by atomic mass is 32.2. The fraction of sp³-hybridized carbons (Fsp3) is 0.514. The van der Waals surface area contributed by atoms with Crippen LogP contribution >= 0.6 is 0 Å². The van der Waals surface area contributed by atoms with Crippen LogP contribution in [0.1, 0.15) is 78.9 Å². The Kier molecular flexibility index (Phi) is 10.8. The Balaban J connectivity index is 1.47. The maximum absolute atomic E-state index is 14.4. The van der Waals surface area contributed by atoms with Gasteiger partial charge in [0.2, 0.25) is 10.0 Å². The number of halogens is 1. The first-order chi connectivity index (χ1) is 21.4. The van der Waals surface area contributed by atoms with Crippen molar-refractivity contribution >= 4 is 27.8 Å². The summed E-state index contributed by atoms with van der Waals surface area (Å²) in [7, 11) is -4.02. The van der Waals surface area contributed by atoms with Gasteiger partial charge in [0.1, 0.15) is 17.0 Å². The van der Waals surface area contributed by atoms with Crippen LogP contribution in [0, 0.1) is 5.82 Å². The van der Waals surface area contributed by atoms with Crippen LogP contribution in [-0.4, -0.2) is 78.8 Å². The fourth-order valence-electron chi connectivity index (χ4n) is 5.63. The summed E-state index contributed by atoms with van der Waals surface area (Å²) in [6.07, 6.45) is 1.22. The van der Waals surface area contributed by atoms with Gasteiger partial charge in [-0.05, 0) is 102 Å². The van der Waals surface area contributed by atoms with Crippen molar-refractivity contribution < 1.29 is 31.9 Å². The van der Waals surface area contributed by atoms with Gasteiger partial charge in [-0.1, -0.05) is 36.4 Å². The van der Waals surface area contributed by atoms with Crippen molar-refractivity contribution in [2.45, 2.75) is 96.3 Å². The Morgan fingerprint density at radius 3 is 2.17 bits per heavy atom. The monoisotopic (exact) mass is 655 g/mol. The van der Waals surface area contributed by atoms with Gasteiger partial charge in [0, 0.05) is 26.2 Å². The molecule has 0 aromatic heterocycles. The average molecular weight is 656 g/mol. The Morgan fingerprint density at radius 2 is 1.57 bits per heavy atom. The first-order valence-corrected chi connectivity index (χ1v) is 17.2. The first-order valence-electron chi connectivity index (χ1n) is 15.8. The third-order valence-electron chi connectivity index (χ3n) is 7.80. The zero-order valence-electron chi connectivity index (χ0n) is 27.9. The molecule has 0 radical (unpaired) electrons. The van der Waals surface area contributed by atoms with Gasteiger partial charge in [-0.3, -0.25) is 9.79 Å². The minimum Gasteiger partial charge on any atom is -0.460 e. The molecule has 0 spiro atoms. The van der Waals surface area contributed by atoms with Crippen molar-refractivity contribution in [1.82, 2.24) is 9.21 Å². The quantitative estimate of drug-likeness (QED) is 0.293. The van der Waals surface area contributed by atoms with Crippen LogP contribution in [-0.2, 0) is 30.7 Å². The van der Waals surface area contributed by atoms with E-state index < -0.39 is 33.1 Å². The molecule has 0 bridgehead atoms. The fourth-order valence-corrected chi connectivity index (χ4v) is 7.31. The molecule has 1 atom stereocenters. The van der Waals surface area contributed by atoms with Crippen LogP contribution in [0.2, 0.25) is 0 Å². The summed E-state index contributed by atoms with van der Waals surface area (Å²) in [5.41, 5.74) is 2.79. The Hall–Kier alpha value is -3.57. The van der Waals surface area contributed by atoms with Gasteiger partial charge >= 0.3 is 12.1 Å². The molecule has 1 unspecified atom stereocenters. The number of hydrogen-bond acceptors (Lipinski definition) is 7. The molecule has 2 aliphatic rings. The number of benzene rings is 2. The number of piperazine rings is 1. The minimum absolute atomic E-state index is 0.0593. The van der Waals surface area contributed by atoms with Crippen LogP contribution in [0.25, 0.3) is 0 Å². The predicted octanol–water partition coefficient (Wildman–Crippen LogP) is 6.31. The van der Waals surface area contributed by atoms with E-state index in [1.807, 2.05) is 58.0 Å². The summed E-state index contributed by atoms with van der Waals surface area (Å²) in [5, 5.41) is 0. The third kappa shape index (κ3) is 9.03. The minimum atomic E-state index is -4.02. The number of rotatable bonds is 9. The molecule has 9 nitrogen and oxygen atoms in total. The van der Waals surface area contributed by atoms with E-state index in [-0.39, 0.29) is 49.5 Å². The maximum Gasteiger partial charge on any atom is 0.410 e. The number of aliphatic imine (C=N–C) groups is 1. The van der Waals surface area contributed by atoms with E-state index in [9.17, 15) is 22.4 Å².